The second-order valence-electron chi connectivity index (χ2n) is 3.82. The fourth-order valence-electron chi connectivity index (χ4n) is 1.50. The van der Waals surface area contributed by atoms with Crippen LogP contribution in [0, 0.1) is 0 Å². The van der Waals surface area contributed by atoms with E-state index in [-0.39, 0.29) is 15.5 Å². The first-order valence-electron chi connectivity index (χ1n) is 5.40. The molecule has 2 rings (SSSR count). The van der Waals surface area contributed by atoms with Crippen LogP contribution in [-0.4, -0.2) is 14.4 Å². The normalized spacial score (nSPS) is 11.1. The van der Waals surface area contributed by atoms with Crippen LogP contribution in [0.2, 0.25) is 5.02 Å². The molecular weight excluding hydrogens is 304 g/mol. The number of aromatic nitrogens is 1. The number of benzene rings is 1. The molecule has 0 amide bonds. The Kier molecular flexibility index (Phi) is 3.91. The zero-order valence-corrected chi connectivity index (χ0v) is 11.5. The summed E-state index contributed by atoms with van der Waals surface area (Å²) < 4.78 is 26.5. The molecule has 0 bridgehead atoms. The van der Waals surface area contributed by atoms with E-state index in [4.69, 9.17) is 11.6 Å². The van der Waals surface area contributed by atoms with Gasteiger partial charge in [-0.15, -0.1) is 0 Å². The standard InChI is InChI=1S/C12H9ClN2O4S/c13-11-2-1-9(7-10(11)12(16)17)20(18,19)15-8-3-5-14-6-4-8/h1-7H,(H,14,15)(H,16,17). The minimum Gasteiger partial charge on any atom is -0.545 e. The fraction of sp³-hybridized carbons (Fsp3) is 0. The second kappa shape index (κ2) is 5.48. The van der Waals surface area contributed by atoms with Gasteiger partial charge in [0.2, 0.25) is 0 Å². The van der Waals surface area contributed by atoms with Crippen molar-refractivity contribution in [2.75, 3.05) is 4.72 Å². The number of H-pyrrole nitrogens is 1. The Morgan fingerprint density at radius 3 is 2.45 bits per heavy atom. The topological polar surface area (TPSA) is 100 Å². The smallest absolute Gasteiger partial charge is 0.261 e. The van der Waals surface area contributed by atoms with Crippen molar-refractivity contribution in [1.82, 2.24) is 0 Å². The number of hydrogen-bond acceptors (Lipinski definition) is 4. The lowest BCUT2D eigenvalue weighted by Crippen LogP contribution is -2.23. The van der Waals surface area contributed by atoms with Gasteiger partial charge in [-0.2, -0.15) is 0 Å². The van der Waals surface area contributed by atoms with Gasteiger partial charge in [-0.05, 0) is 18.2 Å². The van der Waals surface area contributed by atoms with Crippen molar-refractivity contribution in [3.05, 3.63) is 53.3 Å². The fourth-order valence-corrected chi connectivity index (χ4v) is 2.78. The van der Waals surface area contributed by atoms with E-state index in [1.165, 1.54) is 24.3 Å². The first-order valence-corrected chi connectivity index (χ1v) is 7.26. The summed E-state index contributed by atoms with van der Waals surface area (Å²) in [5, 5.41) is 10.8. The van der Waals surface area contributed by atoms with Crippen LogP contribution in [0.1, 0.15) is 10.4 Å². The average molecular weight is 313 g/mol. The molecule has 20 heavy (non-hydrogen) atoms. The highest BCUT2D eigenvalue weighted by atomic mass is 35.5. The van der Waals surface area contributed by atoms with Crippen LogP contribution < -0.4 is 14.8 Å². The summed E-state index contributed by atoms with van der Waals surface area (Å²) in [6.07, 6.45) is 3.10. The summed E-state index contributed by atoms with van der Waals surface area (Å²) in [6, 6.07) is 6.40. The molecule has 0 spiro atoms. The van der Waals surface area contributed by atoms with Gasteiger partial charge in [0.1, 0.15) is 0 Å². The van der Waals surface area contributed by atoms with Gasteiger partial charge in [-0.25, -0.2) is 13.4 Å². The van der Waals surface area contributed by atoms with E-state index in [9.17, 15) is 18.3 Å². The average Bonchev–Trinajstić information content (AvgIpc) is 2.39. The number of nitrogens with one attached hydrogen (secondary N) is 2. The lowest BCUT2D eigenvalue weighted by Gasteiger charge is -2.10. The number of pyridine rings is 1. The van der Waals surface area contributed by atoms with Crippen molar-refractivity contribution in [3.8, 4) is 0 Å². The molecule has 6 nitrogen and oxygen atoms in total. The number of halogens is 1. The van der Waals surface area contributed by atoms with Gasteiger partial charge in [0.25, 0.3) is 10.0 Å². The summed E-state index contributed by atoms with van der Waals surface area (Å²) in [4.78, 5) is 13.4. The second-order valence-corrected chi connectivity index (χ2v) is 5.91. The number of carboxylic acids is 1. The van der Waals surface area contributed by atoms with Crippen molar-refractivity contribution in [2.24, 2.45) is 0 Å². The number of hydrogen-bond donors (Lipinski definition) is 1. The minimum absolute atomic E-state index is 0.0849. The Morgan fingerprint density at radius 1 is 1.20 bits per heavy atom. The summed E-state index contributed by atoms with van der Waals surface area (Å²) in [6.45, 7) is 0. The molecule has 0 radical (unpaired) electrons. The molecule has 8 heteroatoms. The lowest BCUT2D eigenvalue weighted by atomic mass is 10.2. The number of carbonyl (C=O) groups excluding carboxylic acids is 1. The Balaban J connectivity index is 2.40. The molecule has 0 fully saturated rings. The first-order chi connectivity index (χ1) is 9.40. The zero-order valence-electron chi connectivity index (χ0n) is 9.96. The van der Waals surface area contributed by atoms with Crippen LogP contribution in [-0.2, 0) is 10.0 Å². The van der Waals surface area contributed by atoms with Crippen molar-refractivity contribution >= 4 is 33.3 Å². The third-order valence-corrected chi connectivity index (χ3v) is 4.15. The molecule has 0 saturated heterocycles. The van der Waals surface area contributed by atoms with E-state index in [2.05, 4.69) is 9.71 Å². The van der Waals surface area contributed by atoms with E-state index >= 15 is 0 Å². The Hall–Kier alpha value is -2.12. The molecule has 1 heterocycles. The van der Waals surface area contributed by atoms with E-state index in [1.54, 1.807) is 12.4 Å². The van der Waals surface area contributed by atoms with E-state index in [0.29, 0.717) is 5.69 Å². The van der Waals surface area contributed by atoms with Crippen LogP contribution in [0.3, 0.4) is 0 Å². The minimum atomic E-state index is -3.90. The van der Waals surface area contributed by atoms with Crippen molar-refractivity contribution < 1.29 is 23.3 Å². The maximum absolute atomic E-state index is 12.1. The van der Waals surface area contributed by atoms with Crippen molar-refractivity contribution in [2.45, 2.75) is 4.90 Å². The lowest BCUT2D eigenvalue weighted by molar-refractivity contribution is -0.377. The largest absolute Gasteiger partial charge is 0.545 e. The van der Waals surface area contributed by atoms with Gasteiger partial charge in [-0.3, -0.25) is 4.72 Å². The van der Waals surface area contributed by atoms with E-state index in [0.717, 1.165) is 6.07 Å². The van der Waals surface area contributed by atoms with Crippen molar-refractivity contribution in [1.29, 1.82) is 0 Å². The number of aromatic carboxylic acids is 1. The molecule has 0 unspecified atom stereocenters. The molecule has 2 N–H and O–H groups in total. The predicted molar refractivity (Wildman–Crippen MR) is 69.6 cm³/mol. The quantitative estimate of drug-likeness (QED) is 0.878. The van der Waals surface area contributed by atoms with Crippen LogP contribution >= 0.6 is 11.6 Å². The number of aromatic amines is 1. The first kappa shape index (κ1) is 14.3. The van der Waals surface area contributed by atoms with Crippen LogP contribution in [0.5, 0.6) is 0 Å². The number of anilines is 1. The third-order valence-electron chi connectivity index (χ3n) is 2.44. The van der Waals surface area contributed by atoms with Gasteiger partial charge in [0.05, 0.1) is 16.6 Å². The Bertz CT molecular complexity index is 747. The number of carbonyl (C=O) groups is 1. The molecule has 2 aromatic rings. The monoisotopic (exact) mass is 312 g/mol. The van der Waals surface area contributed by atoms with Crippen molar-refractivity contribution in [3.63, 3.8) is 0 Å². The molecule has 104 valence electrons. The highest BCUT2D eigenvalue weighted by molar-refractivity contribution is 7.92. The molecule has 1 aromatic carbocycles. The van der Waals surface area contributed by atoms with Gasteiger partial charge >= 0.3 is 0 Å². The summed E-state index contributed by atoms with van der Waals surface area (Å²) >= 11 is 5.66. The van der Waals surface area contributed by atoms with Gasteiger partial charge in [0, 0.05) is 22.7 Å². The maximum atomic E-state index is 12.1. The molecule has 0 aliphatic rings. The Labute approximate surface area is 120 Å². The third kappa shape index (κ3) is 3.06. The predicted octanol–water partition coefficient (Wildman–Crippen LogP) is 0.318. The molecule has 0 aliphatic heterocycles. The number of sulfonamides is 1. The van der Waals surface area contributed by atoms with E-state index in [1.807, 2.05) is 0 Å². The van der Waals surface area contributed by atoms with Crippen LogP contribution in [0.25, 0.3) is 0 Å². The Morgan fingerprint density at radius 2 is 1.85 bits per heavy atom. The molecule has 0 atom stereocenters. The van der Waals surface area contributed by atoms with Crippen LogP contribution in [0.15, 0.2) is 47.6 Å². The van der Waals surface area contributed by atoms with Gasteiger partial charge in [0.15, 0.2) is 12.4 Å². The molecule has 0 aliphatic carbocycles. The molecule has 0 saturated carbocycles. The molecule has 1 aromatic heterocycles. The summed E-state index contributed by atoms with van der Waals surface area (Å²) in [5.41, 5.74) is -0.0374. The zero-order chi connectivity index (χ0) is 14.8. The van der Waals surface area contributed by atoms with Gasteiger partial charge in [-0.1, -0.05) is 11.6 Å². The number of rotatable bonds is 4. The highest BCUT2D eigenvalue weighted by Crippen LogP contribution is 2.21. The number of carboxylic acid groups (broad SMARTS) is 1. The van der Waals surface area contributed by atoms with Gasteiger partial charge < -0.3 is 9.90 Å². The van der Waals surface area contributed by atoms with Crippen LogP contribution in [0.4, 0.5) is 5.69 Å². The molecular formula is C12H9ClN2O4S. The SMILES string of the molecule is O=C([O-])c1cc(S(=O)(=O)Nc2cc[nH+]cc2)ccc1Cl. The van der Waals surface area contributed by atoms with E-state index < -0.39 is 16.0 Å². The summed E-state index contributed by atoms with van der Waals surface area (Å²) in [5.74, 6) is -1.54. The highest BCUT2D eigenvalue weighted by Gasteiger charge is 2.16. The summed E-state index contributed by atoms with van der Waals surface area (Å²) in [7, 11) is -3.90. The maximum Gasteiger partial charge on any atom is 0.261 e.